The fourth-order valence-corrected chi connectivity index (χ4v) is 3.40. The van der Waals surface area contributed by atoms with Gasteiger partial charge in [-0.25, -0.2) is 14.6 Å². The van der Waals surface area contributed by atoms with Gasteiger partial charge in [0.2, 0.25) is 0 Å². The molecule has 6 heteroatoms. The number of hydrogen-bond donors (Lipinski definition) is 1. The Kier molecular flexibility index (Phi) is 5.07. The summed E-state index contributed by atoms with van der Waals surface area (Å²) in [6.07, 6.45) is 3.84. The first-order valence-electron chi connectivity index (χ1n) is 8.87. The zero-order valence-corrected chi connectivity index (χ0v) is 16.1. The molecular weight excluding hydrogens is 354 g/mol. The van der Waals surface area contributed by atoms with Crippen molar-refractivity contribution in [2.75, 3.05) is 11.6 Å². The standard InChI is InChI=1S/C21H21N5S/c1-15(17-11-7-4-8-12-17)23-19-18-13-22-26(14-16-9-5-3-6-10-16)20(18)25-21(24-19)27-2/h3-13,15H,14H2,1-2H3,(H,23,24,25)/t15-/m1/s1. The molecule has 136 valence electrons. The summed E-state index contributed by atoms with van der Waals surface area (Å²) in [6.45, 7) is 2.82. The van der Waals surface area contributed by atoms with Gasteiger partial charge in [-0.3, -0.25) is 0 Å². The molecule has 0 radical (unpaired) electrons. The maximum atomic E-state index is 4.70. The Balaban J connectivity index is 1.70. The van der Waals surface area contributed by atoms with Crippen LogP contribution in [0, 0.1) is 0 Å². The number of benzene rings is 2. The van der Waals surface area contributed by atoms with E-state index in [0.717, 1.165) is 22.0 Å². The van der Waals surface area contributed by atoms with Crippen molar-refractivity contribution in [2.24, 2.45) is 0 Å². The quantitative estimate of drug-likeness (QED) is 0.389. The van der Waals surface area contributed by atoms with Crippen LogP contribution in [-0.4, -0.2) is 26.0 Å². The molecule has 1 atom stereocenters. The summed E-state index contributed by atoms with van der Waals surface area (Å²) in [5.74, 6) is 0.819. The second kappa shape index (κ2) is 7.80. The fraction of sp³-hybridized carbons (Fsp3) is 0.190. The van der Waals surface area contributed by atoms with Crippen molar-refractivity contribution in [2.45, 2.75) is 24.7 Å². The second-order valence-corrected chi connectivity index (χ2v) is 7.13. The molecule has 0 fully saturated rings. The van der Waals surface area contributed by atoms with Crippen LogP contribution in [0.25, 0.3) is 11.0 Å². The molecule has 0 saturated heterocycles. The Bertz CT molecular complexity index is 1030. The third-order valence-electron chi connectivity index (χ3n) is 4.49. The van der Waals surface area contributed by atoms with Crippen molar-refractivity contribution in [1.29, 1.82) is 0 Å². The Hall–Kier alpha value is -2.86. The van der Waals surface area contributed by atoms with E-state index in [2.05, 4.69) is 41.6 Å². The molecular formula is C21H21N5S. The first-order chi connectivity index (χ1) is 13.2. The normalized spacial score (nSPS) is 12.2. The molecule has 0 amide bonds. The number of nitrogens with zero attached hydrogens (tertiary/aromatic N) is 4. The molecule has 4 rings (SSSR count). The van der Waals surface area contributed by atoms with E-state index >= 15 is 0 Å². The average molecular weight is 376 g/mol. The smallest absolute Gasteiger partial charge is 0.191 e. The summed E-state index contributed by atoms with van der Waals surface area (Å²) in [5, 5.41) is 9.78. The molecule has 27 heavy (non-hydrogen) atoms. The Labute approximate surface area is 162 Å². The lowest BCUT2D eigenvalue weighted by molar-refractivity contribution is 0.699. The molecule has 1 N–H and O–H groups in total. The Morgan fingerprint density at radius 1 is 1.00 bits per heavy atom. The SMILES string of the molecule is CSc1nc(N[C@H](C)c2ccccc2)c2cnn(Cc3ccccc3)c2n1. The van der Waals surface area contributed by atoms with Gasteiger partial charge in [-0.05, 0) is 24.3 Å². The summed E-state index contributed by atoms with van der Waals surface area (Å²) in [5.41, 5.74) is 3.26. The maximum absolute atomic E-state index is 4.70. The maximum Gasteiger partial charge on any atom is 0.191 e. The van der Waals surface area contributed by atoms with Crippen LogP contribution in [0.4, 0.5) is 5.82 Å². The summed E-state index contributed by atoms with van der Waals surface area (Å²) in [4.78, 5) is 9.40. The number of rotatable bonds is 6. The summed E-state index contributed by atoms with van der Waals surface area (Å²) < 4.78 is 1.93. The van der Waals surface area contributed by atoms with Gasteiger partial charge in [-0.2, -0.15) is 5.10 Å². The van der Waals surface area contributed by atoms with Gasteiger partial charge in [0, 0.05) is 6.04 Å². The highest BCUT2D eigenvalue weighted by atomic mass is 32.2. The van der Waals surface area contributed by atoms with Gasteiger partial charge in [0.05, 0.1) is 18.1 Å². The number of fused-ring (bicyclic) bond motifs is 1. The number of hydrogen-bond acceptors (Lipinski definition) is 5. The van der Waals surface area contributed by atoms with Crippen LogP contribution in [0.1, 0.15) is 24.1 Å². The topological polar surface area (TPSA) is 55.6 Å². The summed E-state index contributed by atoms with van der Waals surface area (Å²) >= 11 is 1.54. The molecule has 2 aromatic carbocycles. The summed E-state index contributed by atoms with van der Waals surface area (Å²) in [6, 6.07) is 20.8. The Morgan fingerprint density at radius 2 is 1.70 bits per heavy atom. The van der Waals surface area contributed by atoms with Gasteiger partial charge < -0.3 is 5.32 Å². The largest absolute Gasteiger partial charge is 0.363 e. The molecule has 5 nitrogen and oxygen atoms in total. The van der Waals surface area contributed by atoms with Crippen LogP contribution in [0.2, 0.25) is 0 Å². The minimum atomic E-state index is 0.136. The van der Waals surface area contributed by atoms with Gasteiger partial charge in [-0.15, -0.1) is 0 Å². The zero-order valence-electron chi connectivity index (χ0n) is 15.3. The number of anilines is 1. The van der Waals surface area contributed by atoms with Crippen molar-refractivity contribution >= 4 is 28.6 Å². The van der Waals surface area contributed by atoms with E-state index in [9.17, 15) is 0 Å². The van der Waals surface area contributed by atoms with Crippen molar-refractivity contribution < 1.29 is 0 Å². The van der Waals surface area contributed by atoms with Crippen molar-refractivity contribution in [3.8, 4) is 0 Å². The molecule has 0 aliphatic carbocycles. The van der Waals surface area contributed by atoms with Gasteiger partial charge in [0.15, 0.2) is 10.8 Å². The van der Waals surface area contributed by atoms with E-state index in [1.54, 1.807) is 0 Å². The molecule has 2 heterocycles. The number of aromatic nitrogens is 4. The molecule has 0 aliphatic heterocycles. The zero-order chi connectivity index (χ0) is 18.6. The molecule has 0 bridgehead atoms. The monoisotopic (exact) mass is 375 g/mol. The highest BCUT2D eigenvalue weighted by Gasteiger charge is 2.15. The van der Waals surface area contributed by atoms with Crippen LogP contribution >= 0.6 is 11.8 Å². The minimum absolute atomic E-state index is 0.136. The third-order valence-corrected chi connectivity index (χ3v) is 5.03. The van der Waals surface area contributed by atoms with E-state index in [0.29, 0.717) is 6.54 Å². The van der Waals surface area contributed by atoms with Crippen molar-refractivity contribution in [3.63, 3.8) is 0 Å². The van der Waals surface area contributed by atoms with Gasteiger partial charge >= 0.3 is 0 Å². The Morgan fingerprint density at radius 3 is 2.41 bits per heavy atom. The van der Waals surface area contributed by atoms with Crippen LogP contribution in [0.5, 0.6) is 0 Å². The predicted molar refractivity (Wildman–Crippen MR) is 111 cm³/mol. The van der Waals surface area contributed by atoms with Crippen LogP contribution in [0.15, 0.2) is 72.0 Å². The second-order valence-electron chi connectivity index (χ2n) is 6.36. The first kappa shape index (κ1) is 17.5. The van der Waals surface area contributed by atoms with E-state index in [4.69, 9.17) is 9.97 Å². The molecule has 0 spiro atoms. The fourth-order valence-electron chi connectivity index (χ4n) is 3.04. The van der Waals surface area contributed by atoms with Crippen LogP contribution < -0.4 is 5.32 Å². The lowest BCUT2D eigenvalue weighted by Gasteiger charge is -2.16. The van der Waals surface area contributed by atoms with Gasteiger partial charge in [0.1, 0.15) is 5.82 Å². The van der Waals surface area contributed by atoms with Crippen LogP contribution in [-0.2, 0) is 6.54 Å². The molecule has 0 unspecified atom stereocenters. The summed E-state index contributed by atoms with van der Waals surface area (Å²) in [7, 11) is 0. The van der Waals surface area contributed by atoms with Crippen molar-refractivity contribution in [1.82, 2.24) is 19.7 Å². The van der Waals surface area contributed by atoms with Gasteiger partial charge in [-0.1, -0.05) is 72.4 Å². The minimum Gasteiger partial charge on any atom is -0.363 e. The third kappa shape index (κ3) is 3.80. The molecule has 0 saturated carbocycles. The van der Waals surface area contributed by atoms with Crippen LogP contribution in [0.3, 0.4) is 0 Å². The molecule has 4 aromatic rings. The molecule has 0 aliphatic rings. The molecule has 2 aromatic heterocycles. The highest BCUT2D eigenvalue weighted by Crippen LogP contribution is 2.27. The number of thioether (sulfide) groups is 1. The highest BCUT2D eigenvalue weighted by molar-refractivity contribution is 7.98. The average Bonchev–Trinajstić information content (AvgIpc) is 3.12. The predicted octanol–water partition coefficient (Wildman–Crippen LogP) is 4.77. The van der Waals surface area contributed by atoms with Crippen molar-refractivity contribution in [3.05, 3.63) is 78.0 Å². The lowest BCUT2D eigenvalue weighted by Crippen LogP contribution is -2.09. The van der Waals surface area contributed by atoms with E-state index in [1.165, 1.54) is 22.9 Å². The van der Waals surface area contributed by atoms with E-state index < -0.39 is 0 Å². The first-order valence-corrected chi connectivity index (χ1v) is 10.1. The lowest BCUT2D eigenvalue weighted by atomic mass is 10.1. The van der Waals surface area contributed by atoms with E-state index in [-0.39, 0.29) is 6.04 Å². The van der Waals surface area contributed by atoms with Gasteiger partial charge in [0.25, 0.3) is 0 Å². The van der Waals surface area contributed by atoms with E-state index in [1.807, 2.05) is 53.5 Å². The number of nitrogens with one attached hydrogen (secondary N) is 1.